The third-order valence-corrected chi connectivity index (χ3v) is 3.97. The van der Waals surface area contributed by atoms with Crippen molar-refractivity contribution in [1.82, 2.24) is 0 Å². The maximum Gasteiger partial charge on any atom is 0.0741 e. The Hall–Kier alpha value is -0.740. The highest BCUT2D eigenvalue weighted by Crippen LogP contribution is 2.28. The Kier molecular flexibility index (Phi) is 4.29. The van der Waals surface area contributed by atoms with E-state index in [1.807, 2.05) is 18.2 Å². The summed E-state index contributed by atoms with van der Waals surface area (Å²) < 4.78 is 0.953. The van der Waals surface area contributed by atoms with Crippen LogP contribution in [0.15, 0.2) is 22.7 Å². The van der Waals surface area contributed by atoms with Gasteiger partial charge in [0.2, 0.25) is 0 Å². The van der Waals surface area contributed by atoms with Crippen molar-refractivity contribution in [2.45, 2.75) is 44.2 Å². The molecule has 0 aliphatic heterocycles. The fourth-order valence-corrected chi connectivity index (χ4v) is 2.82. The van der Waals surface area contributed by atoms with Gasteiger partial charge in [-0.1, -0.05) is 19.3 Å². The zero-order valence-electron chi connectivity index (χ0n) is 9.82. The van der Waals surface area contributed by atoms with Crippen molar-refractivity contribution in [3.05, 3.63) is 22.7 Å². The van der Waals surface area contributed by atoms with Crippen LogP contribution in [0.2, 0.25) is 0 Å². The molecule has 0 spiro atoms. The van der Waals surface area contributed by atoms with Crippen LogP contribution in [-0.4, -0.2) is 17.3 Å². The predicted molar refractivity (Wildman–Crippen MR) is 75.1 cm³/mol. The number of nitrogen functional groups attached to an aromatic ring is 1. The number of nitrogens with one attached hydrogen (secondary N) is 1. The summed E-state index contributed by atoms with van der Waals surface area (Å²) in [4.78, 5) is 0. The molecule has 1 fully saturated rings. The zero-order chi connectivity index (χ0) is 12.3. The van der Waals surface area contributed by atoms with Crippen LogP contribution in [0.25, 0.3) is 0 Å². The van der Waals surface area contributed by atoms with Gasteiger partial charge in [-0.3, -0.25) is 0 Å². The Morgan fingerprint density at radius 1 is 1.24 bits per heavy atom. The smallest absolute Gasteiger partial charge is 0.0741 e. The normalized spacial score (nSPS) is 25.3. The van der Waals surface area contributed by atoms with Crippen molar-refractivity contribution >= 4 is 27.3 Å². The van der Waals surface area contributed by atoms with Crippen LogP contribution >= 0.6 is 15.9 Å². The van der Waals surface area contributed by atoms with Crippen LogP contribution in [0, 0.1) is 0 Å². The Bertz CT molecular complexity index is 384. The zero-order valence-corrected chi connectivity index (χ0v) is 11.4. The molecular formula is C13H19BrN2O. The number of hydrogen-bond donors (Lipinski definition) is 3. The third-order valence-electron chi connectivity index (χ3n) is 3.31. The molecule has 2 atom stereocenters. The largest absolute Gasteiger partial charge is 0.399 e. The Labute approximate surface area is 111 Å². The van der Waals surface area contributed by atoms with E-state index in [9.17, 15) is 5.11 Å². The molecule has 1 aliphatic carbocycles. The van der Waals surface area contributed by atoms with E-state index in [0.29, 0.717) is 0 Å². The van der Waals surface area contributed by atoms with Crippen LogP contribution in [-0.2, 0) is 0 Å². The van der Waals surface area contributed by atoms with Gasteiger partial charge in [0, 0.05) is 15.8 Å². The lowest BCUT2D eigenvalue weighted by Gasteiger charge is -2.23. The summed E-state index contributed by atoms with van der Waals surface area (Å²) >= 11 is 3.49. The maximum absolute atomic E-state index is 10.1. The van der Waals surface area contributed by atoms with E-state index < -0.39 is 0 Å². The van der Waals surface area contributed by atoms with Gasteiger partial charge in [-0.15, -0.1) is 0 Å². The topological polar surface area (TPSA) is 58.3 Å². The highest BCUT2D eigenvalue weighted by atomic mass is 79.9. The molecule has 94 valence electrons. The lowest BCUT2D eigenvalue weighted by molar-refractivity contribution is 0.144. The number of aliphatic hydroxyl groups excluding tert-OH is 1. The number of hydrogen-bond acceptors (Lipinski definition) is 3. The molecule has 2 unspecified atom stereocenters. The van der Waals surface area contributed by atoms with Crippen molar-refractivity contribution in [3.8, 4) is 0 Å². The number of rotatable bonds is 2. The molecule has 1 aromatic rings. The quantitative estimate of drug-likeness (QED) is 0.581. The van der Waals surface area contributed by atoms with E-state index in [0.717, 1.165) is 35.1 Å². The maximum atomic E-state index is 10.1. The number of anilines is 2. The minimum absolute atomic E-state index is 0.150. The highest BCUT2D eigenvalue weighted by Gasteiger charge is 2.21. The molecule has 0 aromatic heterocycles. The first-order valence-electron chi connectivity index (χ1n) is 6.16. The van der Waals surface area contributed by atoms with Gasteiger partial charge in [0.05, 0.1) is 12.1 Å². The van der Waals surface area contributed by atoms with Gasteiger partial charge in [0.15, 0.2) is 0 Å². The van der Waals surface area contributed by atoms with Crippen molar-refractivity contribution in [2.24, 2.45) is 0 Å². The Morgan fingerprint density at radius 3 is 2.76 bits per heavy atom. The molecule has 2 rings (SSSR count). The molecule has 4 heteroatoms. The van der Waals surface area contributed by atoms with Gasteiger partial charge < -0.3 is 16.2 Å². The lowest BCUT2D eigenvalue weighted by atomic mass is 10.1. The van der Waals surface area contributed by atoms with Crippen molar-refractivity contribution in [3.63, 3.8) is 0 Å². The molecule has 17 heavy (non-hydrogen) atoms. The van der Waals surface area contributed by atoms with Crippen LogP contribution in [0.4, 0.5) is 11.4 Å². The second-order valence-electron chi connectivity index (χ2n) is 4.70. The fourth-order valence-electron chi connectivity index (χ4n) is 2.30. The number of benzene rings is 1. The summed E-state index contributed by atoms with van der Waals surface area (Å²) in [6.07, 6.45) is 5.20. The van der Waals surface area contributed by atoms with Crippen molar-refractivity contribution in [1.29, 1.82) is 0 Å². The summed E-state index contributed by atoms with van der Waals surface area (Å²) in [5.41, 5.74) is 7.45. The van der Waals surface area contributed by atoms with Crippen LogP contribution in [0.3, 0.4) is 0 Å². The van der Waals surface area contributed by atoms with Crippen molar-refractivity contribution in [2.75, 3.05) is 11.1 Å². The monoisotopic (exact) mass is 298 g/mol. The van der Waals surface area contributed by atoms with E-state index in [1.165, 1.54) is 12.8 Å². The minimum Gasteiger partial charge on any atom is -0.399 e. The van der Waals surface area contributed by atoms with E-state index in [-0.39, 0.29) is 12.1 Å². The van der Waals surface area contributed by atoms with Gasteiger partial charge in [-0.05, 0) is 47.0 Å². The van der Waals surface area contributed by atoms with Gasteiger partial charge in [0.1, 0.15) is 0 Å². The average molecular weight is 299 g/mol. The second-order valence-corrected chi connectivity index (χ2v) is 5.55. The molecule has 1 aromatic carbocycles. The van der Waals surface area contributed by atoms with Gasteiger partial charge >= 0.3 is 0 Å². The van der Waals surface area contributed by atoms with E-state index in [4.69, 9.17) is 5.73 Å². The summed E-state index contributed by atoms with van der Waals surface area (Å²) in [5.74, 6) is 0. The summed E-state index contributed by atoms with van der Waals surface area (Å²) in [7, 11) is 0. The first kappa shape index (κ1) is 12.7. The van der Waals surface area contributed by atoms with Gasteiger partial charge in [-0.2, -0.15) is 0 Å². The molecule has 0 saturated heterocycles. The molecule has 0 radical (unpaired) electrons. The van der Waals surface area contributed by atoms with Gasteiger partial charge in [-0.25, -0.2) is 0 Å². The molecule has 4 N–H and O–H groups in total. The standard InChI is InChI=1S/C13H19BrN2O/c14-10-8-9(15)6-7-11(10)16-12-4-2-1-3-5-13(12)17/h6-8,12-13,16-17H,1-5,15H2. The van der Waals surface area contributed by atoms with E-state index in [1.54, 1.807) is 0 Å². The van der Waals surface area contributed by atoms with Crippen LogP contribution in [0.1, 0.15) is 32.1 Å². The fraction of sp³-hybridized carbons (Fsp3) is 0.538. The van der Waals surface area contributed by atoms with Crippen LogP contribution < -0.4 is 11.1 Å². The Morgan fingerprint density at radius 2 is 2.00 bits per heavy atom. The average Bonchev–Trinajstić information content (AvgIpc) is 2.48. The van der Waals surface area contributed by atoms with E-state index in [2.05, 4.69) is 21.2 Å². The predicted octanol–water partition coefficient (Wildman–Crippen LogP) is 3.14. The van der Waals surface area contributed by atoms with E-state index >= 15 is 0 Å². The third kappa shape index (κ3) is 3.36. The highest BCUT2D eigenvalue weighted by molar-refractivity contribution is 9.10. The molecule has 3 nitrogen and oxygen atoms in total. The lowest BCUT2D eigenvalue weighted by Crippen LogP contribution is -2.32. The molecular weight excluding hydrogens is 280 g/mol. The van der Waals surface area contributed by atoms with Gasteiger partial charge in [0.25, 0.3) is 0 Å². The molecule has 1 aliphatic rings. The molecule has 0 bridgehead atoms. The SMILES string of the molecule is Nc1ccc(NC2CCCCCC2O)c(Br)c1. The first-order chi connectivity index (χ1) is 8.16. The second kappa shape index (κ2) is 5.74. The summed E-state index contributed by atoms with van der Waals surface area (Å²) in [6, 6.07) is 5.86. The first-order valence-corrected chi connectivity index (χ1v) is 6.96. The molecule has 0 heterocycles. The van der Waals surface area contributed by atoms with Crippen LogP contribution in [0.5, 0.6) is 0 Å². The van der Waals surface area contributed by atoms with Crippen molar-refractivity contribution < 1.29 is 5.11 Å². The summed E-state index contributed by atoms with van der Waals surface area (Å²) in [5, 5.41) is 13.5. The molecule has 0 amide bonds. The number of aliphatic hydroxyl groups is 1. The molecule has 1 saturated carbocycles. The minimum atomic E-state index is -0.248. The number of halogens is 1. The number of nitrogens with two attached hydrogens (primary N) is 1. The Balaban J connectivity index is 2.08. The summed E-state index contributed by atoms with van der Waals surface area (Å²) in [6.45, 7) is 0.